The van der Waals surface area contributed by atoms with Crippen molar-refractivity contribution in [1.29, 1.82) is 0 Å². The minimum absolute atomic E-state index is 0.116. The summed E-state index contributed by atoms with van der Waals surface area (Å²) in [6, 6.07) is 0. The molecule has 0 saturated heterocycles. The number of hydrogen-bond acceptors (Lipinski definition) is 4. The Morgan fingerprint density at radius 3 is 2.54 bits per heavy atom. The Hall–Kier alpha value is -1.01. The van der Waals surface area contributed by atoms with Crippen molar-refractivity contribution < 1.29 is 15.0 Å². The fourth-order valence-electron chi connectivity index (χ4n) is 0.751. The summed E-state index contributed by atoms with van der Waals surface area (Å²) >= 11 is 3.12. The number of aliphatic carboxylic acids is 1. The van der Waals surface area contributed by atoms with E-state index in [2.05, 4.69) is 25.9 Å². The van der Waals surface area contributed by atoms with Crippen LogP contribution in [0.15, 0.2) is 16.9 Å². The van der Waals surface area contributed by atoms with Gasteiger partial charge in [-0.1, -0.05) is 0 Å². The number of halogens is 1. The number of carbonyl (C=O) groups is 1. The normalized spacial score (nSPS) is 12.5. The third-order valence-electron chi connectivity index (χ3n) is 1.31. The van der Waals surface area contributed by atoms with Crippen molar-refractivity contribution in [3.63, 3.8) is 0 Å². The highest BCUT2D eigenvalue weighted by Crippen LogP contribution is 2.13. The van der Waals surface area contributed by atoms with Crippen LogP contribution in [-0.4, -0.2) is 26.2 Å². The van der Waals surface area contributed by atoms with Gasteiger partial charge in [0.25, 0.3) is 0 Å². The predicted molar refractivity (Wildman–Crippen MR) is 46.9 cm³/mol. The number of rotatable bonds is 3. The van der Waals surface area contributed by atoms with Crippen molar-refractivity contribution in [2.24, 2.45) is 0 Å². The van der Waals surface area contributed by atoms with Gasteiger partial charge in [-0.15, -0.1) is 0 Å². The number of carboxylic acid groups (broad SMARTS) is 1. The summed E-state index contributed by atoms with van der Waals surface area (Å²) in [6.45, 7) is 0. The third kappa shape index (κ3) is 3.08. The van der Waals surface area contributed by atoms with Crippen LogP contribution in [0.5, 0.6) is 0 Å². The number of carboxylic acids is 1. The lowest BCUT2D eigenvalue weighted by Crippen LogP contribution is -2.08. The molecule has 0 unspecified atom stereocenters. The Kier molecular flexibility index (Phi) is 3.32. The Morgan fingerprint density at radius 2 is 2.08 bits per heavy atom. The van der Waals surface area contributed by atoms with Crippen LogP contribution in [0.4, 0.5) is 0 Å². The smallest absolute Gasteiger partial charge is 0.306 e. The lowest BCUT2D eigenvalue weighted by Gasteiger charge is -2.04. The number of nitrogens with zero attached hydrogens (tertiary/aromatic N) is 2. The van der Waals surface area contributed by atoms with Gasteiger partial charge in [-0.25, -0.2) is 9.97 Å². The van der Waals surface area contributed by atoms with Crippen LogP contribution in [0.3, 0.4) is 0 Å². The second-order valence-corrected chi connectivity index (χ2v) is 3.29. The Morgan fingerprint density at radius 1 is 1.54 bits per heavy atom. The largest absolute Gasteiger partial charge is 0.481 e. The molecule has 1 aromatic rings. The predicted octanol–water partition coefficient (Wildman–Crippen LogP) is 0.747. The fraction of sp³-hybridized carbons (Fsp3) is 0.286. The number of hydrogen-bond donors (Lipinski definition) is 2. The molecule has 0 fully saturated rings. The molecular formula is C7H7BrN2O3. The number of aromatic nitrogens is 2. The van der Waals surface area contributed by atoms with Gasteiger partial charge in [-0.3, -0.25) is 4.79 Å². The van der Waals surface area contributed by atoms with Gasteiger partial charge in [0.2, 0.25) is 0 Å². The highest BCUT2D eigenvalue weighted by molar-refractivity contribution is 9.10. The first-order valence-corrected chi connectivity index (χ1v) is 4.26. The molecule has 2 N–H and O–H groups in total. The molecule has 1 atom stereocenters. The number of aliphatic hydroxyl groups is 1. The molecule has 0 spiro atoms. The van der Waals surface area contributed by atoms with Crippen molar-refractivity contribution in [3.05, 3.63) is 22.7 Å². The molecule has 0 radical (unpaired) electrons. The lowest BCUT2D eigenvalue weighted by atomic mass is 10.2. The first-order valence-electron chi connectivity index (χ1n) is 3.47. The minimum atomic E-state index is -1.15. The molecule has 0 aliphatic rings. The van der Waals surface area contributed by atoms with E-state index in [9.17, 15) is 9.90 Å². The van der Waals surface area contributed by atoms with Crippen LogP contribution in [0.2, 0.25) is 0 Å². The average Bonchev–Trinajstić information content (AvgIpc) is 2.04. The van der Waals surface area contributed by atoms with Crippen molar-refractivity contribution in [2.45, 2.75) is 12.5 Å². The van der Waals surface area contributed by atoms with E-state index in [-0.39, 0.29) is 12.2 Å². The average molecular weight is 247 g/mol. The van der Waals surface area contributed by atoms with E-state index in [1.165, 1.54) is 12.4 Å². The second kappa shape index (κ2) is 4.29. The molecule has 0 saturated carbocycles. The molecule has 0 aliphatic heterocycles. The maximum atomic E-state index is 10.2. The lowest BCUT2D eigenvalue weighted by molar-refractivity contribution is -0.139. The minimum Gasteiger partial charge on any atom is -0.481 e. The maximum Gasteiger partial charge on any atom is 0.306 e. The Bertz CT molecular complexity index is 301. The Balaban J connectivity index is 2.71. The molecule has 0 bridgehead atoms. The van der Waals surface area contributed by atoms with E-state index >= 15 is 0 Å². The van der Waals surface area contributed by atoms with Crippen molar-refractivity contribution in [1.82, 2.24) is 9.97 Å². The highest BCUT2D eigenvalue weighted by atomic mass is 79.9. The summed E-state index contributed by atoms with van der Waals surface area (Å²) in [5.74, 6) is -0.968. The van der Waals surface area contributed by atoms with Crippen molar-refractivity contribution in [3.8, 4) is 0 Å². The Labute approximate surface area is 82.6 Å². The van der Waals surface area contributed by atoms with Crippen LogP contribution in [0.25, 0.3) is 0 Å². The van der Waals surface area contributed by atoms with Gasteiger partial charge in [0.1, 0.15) is 6.10 Å². The van der Waals surface area contributed by atoms with Crippen molar-refractivity contribution >= 4 is 21.9 Å². The molecular weight excluding hydrogens is 240 g/mol. The molecule has 0 amide bonds. The summed E-state index contributed by atoms with van der Waals surface area (Å²) in [7, 11) is 0. The highest BCUT2D eigenvalue weighted by Gasteiger charge is 2.14. The summed E-state index contributed by atoms with van der Waals surface area (Å²) in [4.78, 5) is 17.7. The van der Waals surface area contributed by atoms with E-state index in [1.54, 1.807) is 0 Å². The van der Waals surface area contributed by atoms with E-state index in [1.807, 2.05) is 0 Å². The summed E-state index contributed by atoms with van der Waals surface area (Å²) in [5.41, 5.74) is 0. The molecule has 13 heavy (non-hydrogen) atoms. The molecule has 5 nitrogen and oxygen atoms in total. The van der Waals surface area contributed by atoms with E-state index in [4.69, 9.17) is 5.11 Å². The quantitative estimate of drug-likeness (QED) is 0.823. The zero-order valence-electron chi connectivity index (χ0n) is 6.51. The molecule has 0 aliphatic carbocycles. The van der Waals surface area contributed by atoms with E-state index in [0.717, 1.165) is 0 Å². The van der Waals surface area contributed by atoms with E-state index in [0.29, 0.717) is 4.47 Å². The van der Waals surface area contributed by atoms with Crippen LogP contribution < -0.4 is 0 Å². The van der Waals surface area contributed by atoms with Gasteiger partial charge in [0.15, 0.2) is 5.82 Å². The molecule has 1 heterocycles. The summed E-state index contributed by atoms with van der Waals surface area (Å²) in [6.07, 6.45) is 1.37. The van der Waals surface area contributed by atoms with Crippen LogP contribution >= 0.6 is 15.9 Å². The van der Waals surface area contributed by atoms with Gasteiger partial charge in [-0.2, -0.15) is 0 Å². The molecule has 1 aromatic heterocycles. The molecule has 0 aromatic carbocycles. The fourth-order valence-corrected chi connectivity index (χ4v) is 0.956. The van der Waals surface area contributed by atoms with E-state index < -0.39 is 12.1 Å². The van der Waals surface area contributed by atoms with Crippen molar-refractivity contribution in [2.75, 3.05) is 0 Å². The van der Waals surface area contributed by atoms with Gasteiger partial charge in [0.05, 0.1) is 10.9 Å². The summed E-state index contributed by atoms with van der Waals surface area (Å²) < 4.78 is 0.679. The molecule has 70 valence electrons. The van der Waals surface area contributed by atoms with Crippen LogP contribution in [0, 0.1) is 0 Å². The standard InChI is InChI=1S/C7H7BrN2O3/c8-4-2-9-7(10-3-4)5(11)1-6(12)13/h2-3,5,11H,1H2,(H,12,13)/t5-/m0/s1. The first-order chi connectivity index (χ1) is 6.09. The van der Waals surface area contributed by atoms with Gasteiger partial charge in [0, 0.05) is 12.4 Å². The van der Waals surface area contributed by atoms with Crippen LogP contribution in [0.1, 0.15) is 18.3 Å². The van der Waals surface area contributed by atoms with Gasteiger partial charge >= 0.3 is 5.97 Å². The maximum absolute atomic E-state index is 10.2. The number of aliphatic hydroxyl groups excluding tert-OH is 1. The van der Waals surface area contributed by atoms with Crippen LogP contribution in [-0.2, 0) is 4.79 Å². The zero-order chi connectivity index (χ0) is 9.84. The monoisotopic (exact) mass is 246 g/mol. The first kappa shape index (κ1) is 10.1. The van der Waals surface area contributed by atoms with Gasteiger partial charge in [-0.05, 0) is 15.9 Å². The SMILES string of the molecule is O=C(O)C[C@H](O)c1ncc(Br)cn1. The van der Waals surface area contributed by atoms with Gasteiger partial charge < -0.3 is 10.2 Å². The molecule has 1 rings (SSSR count). The molecule has 6 heteroatoms. The third-order valence-corrected chi connectivity index (χ3v) is 1.72. The second-order valence-electron chi connectivity index (χ2n) is 2.37. The zero-order valence-corrected chi connectivity index (χ0v) is 8.10. The summed E-state index contributed by atoms with van der Waals surface area (Å²) in [5, 5.41) is 17.6. The topological polar surface area (TPSA) is 83.3 Å².